The van der Waals surface area contributed by atoms with Crippen LogP contribution in [-0.2, 0) is 30.3 Å². The molecule has 0 saturated heterocycles. The molecule has 0 spiro atoms. The molecule has 0 amide bonds. The van der Waals surface area contributed by atoms with Crippen LogP contribution in [0.5, 0.6) is 5.75 Å². The van der Waals surface area contributed by atoms with Crippen LogP contribution in [0.25, 0.3) is 11.1 Å². The molecule has 0 radical (unpaired) electrons. The molecule has 8 heteroatoms. The van der Waals surface area contributed by atoms with Gasteiger partial charge in [-0.2, -0.15) is 0 Å². The van der Waals surface area contributed by atoms with Crippen LogP contribution < -0.4 is 4.74 Å². The van der Waals surface area contributed by atoms with Crippen LogP contribution in [0.3, 0.4) is 0 Å². The average Bonchev–Trinajstić information content (AvgIpc) is 2.76. The lowest BCUT2D eigenvalue weighted by atomic mass is 9.97. The number of ether oxygens (including phenoxy) is 3. The van der Waals surface area contributed by atoms with Gasteiger partial charge < -0.3 is 14.2 Å². The zero-order chi connectivity index (χ0) is 24.5. The number of hydrogen-bond donors (Lipinski definition) is 0. The van der Waals surface area contributed by atoms with Crippen molar-refractivity contribution in [2.75, 3.05) is 13.2 Å². The first-order valence-corrected chi connectivity index (χ1v) is 9.96. The highest BCUT2D eigenvalue weighted by atomic mass is 19.1. The van der Waals surface area contributed by atoms with Gasteiger partial charge in [-0.15, -0.1) is 0 Å². The molecule has 6 nitrogen and oxygen atoms in total. The number of halogens is 2. The van der Waals surface area contributed by atoms with Crippen LogP contribution in [0.2, 0.25) is 0 Å². The maximum Gasteiger partial charge on any atom is 0.333 e. The smallest absolute Gasteiger partial charge is 0.333 e. The van der Waals surface area contributed by atoms with Crippen LogP contribution in [-0.4, -0.2) is 31.6 Å². The first-order valence-electron chi connectivity index (χ1n) is 9.96. The van der Waals surface area contributed by atoms with Gasteiger partial charge in [0.25, 0.3) is 6.47 Å². The lowest BCUT2D eigenvalue weighted by molar-refractivity contribution is -0.144. The molecule has 2 aromatic carbocycles. The molecule has 0 unspecified atom stereocenters. The van der Waals surface area contributed by atoms with Crippen molar-refractivity contribution in [3.05, 3.63) is 77.9 Å². The quantitative estimate of drug-likeness (QED) is 0.279. The number of hydrogen-bond acceptors (Lipinski definition) is 6. The molecule has 0 aromatic heterocycles. The van der Waals surface area contributed by atoms with Crippen LogP contribution in [0, 0.1) is 17.6 Å². The van der Waals surface area contributed by atoms with Gasteiger partial charge in [0.15, 0.2) is 0 Å². The van der Waals surface area contributed by atoms with E-state index >= 15 is 0 Å². The Kier molecular flexibility index (Phi) is 9.03. The molecule has 0 saturated carbocycles. The standard InChI is InChI=1S/C25H24F2O6/c1-15(2)24(29)31-12-17(13-32-25(30)16(3)4)9-19-6-5-18(10-22(19)26)21-8-7-20(33-14-28)11-23(21)27/h5-8,10-11,14,17H,1,3,9,12-13H2,2,4H3. The molecule has 0 fully saturated rings. The highest BCUT2D eigenvalue weighted by Crippen LogP contribution is 2.28. The lowest BCUT2D eigenvalue weighted by Gasteiger charge is -2.18. The first-order chi connectivity index (χ1) is 15.6. The molecular formula is C25H24F2O6. The second kappa shape index (κ2) is 11.7. The Hall–Kier alpha value is -3.81. The Morgan fingerprint density at radius 1 is 0.939 bits per heavy atom. The van der Waals surface area contributed by atoms with Crippen molar-refractivity contribution in [1.82, 2.24) is 0 Å². The summed E-state index contributed by atoms with van der Waals surface area (Å²) in [6, 6.07) is 7.98. The third-order valence-electron chi connectivity index (χ3n) is 4.59. The minimum atomic E-state index is -0.683. The zero-order valence-electron chi connectivity index (χ0n) is 18.4. The fraction of sp³-hybridized carbons (Fsp3) is 0.240. The molecule has 0 aliphatic rings. The topological polar surface area (TPSA) is 78.9 Å². The molecule has 0 bridgehead atoms. The summed E-state index contributed by atoms with van der Waals surface area (Å²) in [6.07, 6.45) is 0.0909. The van der Waals surface area contributed by atoms with Crippen molar-refractivity contribution in [2.45, 2.75) is 20.3 Å². The number of carbonyl (C=O) groups excluding carboxylic acids is 3. The lowest BCUT2D eigenvalue weighted by Crippen LogP contribution is -2.23. The SMILES string of the molecule is C=C(C)C(=O)OCC(COC(=O)C(=C)C)Cc1ccc(-c2ccc(OC=O)cc2F)cc1F. The van der Waals surface area contributed by atoms with Gasteiger partial charge in [-0.25, -0.2) is 18.4 Å². The van der Waals surface area contributed by atoms with Crippen LogP contribution >= 0.6 is 0 Å². The largest absolute Gasteiger partial charge is 0.462 e. The van der Waals surface area contributed by atoms with Crippen molar-refractivity contribution < 1.29 is 37.4 Å². The Bertz CT molecular complexity index is 1050. The average molecular weight is 458 g/mol. The number of carbonyl (C=O) groups is 3. The van der Waals surface area contributed by atoms with Crippen LogP contribution in [0.1, 0.15) is 19.4 Å². The molecule has 0 aliphatic heterocycles. The molecule has 0 atom stereocenters. The van der Waals surface area contributed by atoms with E-state index in [1.54, 1.807) is 0 Å². The Labute approximate surface area is 190 Å². The molecular weight excluding hydrogens is 434 g/mol. The highest BCUT2D eigenvalue weighted by Gasteiger charge is 2.19. The van der Waals surface area contributed by atoms with E-state index in [4.69, 9.17) is 9.47 Å². The minimum absolute atomic E-state index is 0.0276. The molecule has 2 rings (SSSR count). The summed E-state index contributed by atoms with van der Waals surface area (Å²) in [6.45, 7) is 9.93. The van der Waals surface area contributed by atoms with E-state index in [0.29, 0.717) is 0 Å². The zero-order valence-corrected chi connectivity index (χ0v) is 18.4. The minimum Gasteiger partial charge on any atom is -0.462 e. The fourth-order valence-electron chi connectivity index (χ4n) is 2.85. The van der Waals surface area contributed by atoms with Crippen molar-refractivity contribution in [3.63, 3.8) is 0 Å². The molecule has 0 aliphatic carbocycles. The van der Waals surface area contributed by atoms with Gasteiger partial charge in [0.2, 0.25) is 0 Å². The van der Waals surface area contributed by atoms with E-state index in [0.717, 1.165) is 6.07 Å². The van der Waals surface area contributed by atoms with E-state index in [2.05, 4.69) is 17.9 Å². The van der Waals surface area contributed by atoms with Gasteiger partial charge >= 0.3 is 11.9 Å². The molecule has 0 heterocycles. The number of esters is 2. The first kappa shape index (κ1) is 25.5. The highest BCUT2D eigenvalue weighted by molar-refractivity contribution is 5.87. The van der Waals surface area contributed by atoms with Gasteiger partial charge in [-0.3, -0.25) is 4.79 Å². The van der Waals surface area contributed by atoms with Gasteiger partial charge in [0.1, 0.15) is 17.4 Å². The molecule has 2 aromatic rings. The van der Waals surface area contributed by atoms with E-state index in [9.17, 15) is 23.2 Å². The summed E-state index contributed by atoms with van der Waals surface area (Å²) in [7, 11) is 0. The summed E-state index contributed by atoms with van der Waals surface area (Å²) < 4.78 is 44.1. The Morgan fingerprint density at radius 3 is 2.03 bits per heavy atom. The maximum atomic E-state index is 14.8. The second-order valence-electron chi connectivity index (χ2n) is 7.49. The van der Waals surface area contributed by atoms with Crippen molar-refractivity contribution in [2.24, 2.45) is 5.92 Å². The monoisotopic (exact) mass is 458 g/mol. The predicted molar refractivity (Wildman–Crippen MR) is 117 cm³/mol. The predicted octanol–water partition coefficient (Wildman–Crippen LogP) is 4.56. The number of rotatable bonds is 11. The summed E-state index contributed by atoms with van der Waals surface area (Å²) in [5, 5.41) is 0. The van der Waals surface area contributed by atoms with E-state index in [-0.39, 0.29) is 59.7 Å². The van der Waals surface area contributed by atoms with Crippen LogP contribution in [0.4, 0.5) is 8.78 Å². The van der Waals surface area contributed by atoms with Crippen molar-refractivity contribution in [3.8, 4) is 16.9 Å². The maximum absolute atomic E-state index is 14.8. The third-order valence-corrected chi connectivity index (χ3v) is 4.59. The Morgan fingerprint density at radius 2 is 1.55 bits per heavy atom. The van der Waals surface area contributed by atoms with E-state index in [1.807, 2.05) is 0 Å². The normalized spacial score (nSPS) is 10.5. The van der Waals surface area contributed by atoms with Gasteiger partial charge in [-0.05, 0) is 49.6 Å². The molecule has 0 N–H and O–H groups in total. The third kappa shape index (κ3) is 7.38. The summed E-state index contributed by atoms with van der Waals surface area (Å²) in [4.78, 5) is 33.8. The van der Waals surface area contributed by atoms with Gasteiger partial charge in [-0.1, -0.05) is 25.3 Å². The number of benzene rings is 2. The summed E-state index contributed by atoms with van der Waals surface area (Å²) >= 11 is 0. The molecule has 174 valence electrons. The van der Waals surface area contributed by atoms with E-state index in [1.165, 1.54) is 44.2 Å². The summed E-state index contributed by atoms with van der Waals surface area (Å²) in [5.74, 6) is -3.02. The molecule has 33 heavy (non-hydrogen) atoms. The van der Waals surface area contributed by atoms with Gasteiger partial charge in [0.05, 0.1) is 13.2 Å². The van der Waals surface area contributed by atoms with Crippen molar-refractivity contribution in [1.29, 1.82) is 0 Å². The fourth-order valence-corrected chi connectivity index (χ4v) is 2.85. The van der Waals surface area contributed by atoms with E-state index < -0.39 is 29.5 Å². The van der Waals surface area contributed by atoms with Crippen molar-refractivity contribution >= 4 is 18.4 Å². The van der Waals surface area contributed by atoms with Gasteiger partial charge in [0, 0.05) is 28.7 Å². The Balaban J connectivity index is 2.20. The van der Waals surface area contributed by atoms with Crippen LogP contribution in [0.15, 0.2) is 60.7 Å². The summed E-state index contributed by atoms with van der Waals surface area (Å²) in [5.41, 5.74) is 1.08. The second-order valence-corrected chi connectivity index (χ2v) is 7.49.